The maximum Gasteiger partial charge on any atom is -0.0414 e. The van der Waals surface area contributed by atoms with Crippen LogP contribution in [0.5, 0.6) is 0 Å². The molecule has 0 unspecified atom stereocenters. The van der Waals surface area contributed by atoms with Gasteiger partial charge in [0.2, 0.25) is 0 Å². The van der Waals surface area contributed by atoms with Gasteiger partial charge in [-0.15, -0.1) is 0 Å². The van der Waals surface area contributed by atoms with Gasteiger partial charge in [-0.05, 0) is 11.8 Å². The molecule has 2 rings (SSSR count). The van der Waals surface area contributed by atoms with E-state index < -0.39 is 0 Å². The summed E-state index contributed by atoms with van der Waals surface area (Å²) in [5.74, 6) is 2.24. The zero-order chi connectivity index (χ0) is 11.8. The van der Waals surface area contributed by atoms with Crippen LogP contribution >= 0.6 is 0 Å². The van der Waals surface area contributed by atoms with Gasteiger partial charge in [0, 0.05) is 0 Å². The van der Waals surface area contributed by atoms with Gasteiger partial charge in [0.15, 0.2) is 0 Å². The van der Waals surface area contributed by atoms with Crippen molar-refractivity contribution in [3.05, 3.63) is 0 Å². The van der Waals surface area contributed by atoms with E-state index >= 15 is 0 Å². The Morgan fingerprint density at radius 1 is 0.471 bits per heavy atom. The van der Waals surface area contributed by atoms with Gasteiger partial charge in [0.25, 0.3) is 0 Å². The van der Waals surface area contributed by atoms with Crippen LogP contribution in [0.3, 0.4) is 0 Å². The van der Waals surface area contributed by atoms with Crippen LogP contribution in [0.4, 0.5) is 0 Å². The SMILES string of the molecule is C(CCCC1CCCC1)CCCC1CCCC1. The van der Waals surface area contributed by atoms with Gasteiger partial charge in [0.05, 0.1) is 0 Å². The molecule has 0 heterocycles. The maximum atomic E-state index is 1.54. The Morgan fingerprint density at radius 3 is 1.24 bits per heavy atom. The zero-order valence-electron chi connectivity index (χ0n) is 11.8. The predicted octanol–water partition coefficient (Wildman–Crippen LogP) is 6.10. The number of hydrogen-bond donors (Lipinski definition) is 0. The summed E-state index contributed by atoms with van der Waals surface area (Å²) < 4.78 is 0. The lowest BCUT2D eigenvalue weighted by molar-refractivity contribution is 0.442. The topological polar surface area (TPSA) is 0 Å². The van der Waals surface area contributed by atoms with Crippen molar-refractivity contribution in [1.29, 1.82) is 0 Å². The Balaban J connectivity index is 1.33. The third kappa shape index (κ3) is 5.44. The summed E-state index contributed by atoms with van der Waals surface area (Å²) >= 11 is 0. The molecule has 0 spiro atoms. The van der Waals surface area contributed by atoms with Crippen molar-refractivity contribution < 1.29 is 0 Å². The van der Waals surface area contributed by atoms with E-state index in [1.807, 2.05) is 0 Å². The van der Waals surface area contributed by atoms with E-state index in [4.69, 9.17) is 0 Å². The highest BCUT2D eigenvalue weighted by atomic mass is 14.2. The molecule has 0 nitrogen and oxygen atoms in total. The van der Waals surface area contributed by atoms with Crippen molar-refractivity contribution in [1.82, 2.24) is 0 Å². The predicted molar refractivity (Wildman–Crippen MR) is 76.2 cm³/mol. The van der Waals surface area contributed by atoms with Crippen molar-refractivity contribution in [2.24, 2.45) is 11.8 Å². The highest BCUT2D eigenvalue weighted by molar-refractivity contribution is 4.68. The molecule has 0 atom stereocenters. The van der Waals surface area contributed by atoms with Crippen molar-refractivity contribution in [3.8, 4) is 0 Å². The number of hydrogen-bond acceptors (Lipinski definition) is 0. The van der Waals surface area contributed by atoms with Gasteiger partial charge >= 0.3 is 0 Å². The second-order valence-electron chi connectivity index (χ2n) is 6.65. The molecule has 0 aliphatic heterocycles. The molecule has 0 aromatic heterocycles. The third-order valence-corrected chi connectivity index (χ3v) is 5.17. The monoisotopic (exact) mass is 236 g/mol. The van der Waals surface area contributed by atoms with Gasteiger partial charge in [-0.1, -0.05) is 96.3 Å². The molecule has 100 valence electrons. The number of rotatable bonds is 8. The largest absolute Gasteiger partial charge is 0.0533 e. The molecule has 0 saturated heterocycles. The fourth-order valence-corrected chi connectivity index (χ4v) is 3.99. The van der Waals surface area contributed by atoms with Crippen molar-refractivity contribution in [2.45, 2.75) is 96.3 Å². The molecule has 0 radical (unpaired) electrons. The van der Waals surface area contributed by atoms with Gasteiger partial charge in [-0.3, -0.25) is 0 Å². The van der Waals surface area contributed by atoms with Crippen LogP contribution in [-0.2, 0) is 0 Å². The lowest BCUT2D eigenvalue weighted by atomic mass is 9.97. The fraction of sp³-hybridized carbons (Fsp3) is 1.00. The second kappa shape index (κ2) is 8.16. The second-order valence-corrected chi connectivity index (χ2v) is 6.65. The van der Waals surface area contributed by atoms with Crippen LogP contribution in [0.15, 0.2) is 0 Å². The Morgan fingerprint density at radius 2 is 0.824 bits per heavy atom. The van der Waals surface area contributed by atoms with Gasteiger partial charge in [0.1, 0.15) is 0 Å². The van der Waals surface area contributed by atoms with E-state index in [1.165, 1.54) is 57.8 Å². The first-order valence-corrected chi connectivity index (χ1v) is 8.45. The fourth-order valence-electron chi connectivity index (χ4n) is 3.99. The average Bonchev–Trinajstić information content (AvgIpc) is 3.00. The molecular weight excluding hydrogens is 204 g/mol. The molecule has 2 fully saturated rings. The van der Waals surface area contributed by atoms with Gasteiger partial charge < -0.3 is 0 Å². The first kappa shape index (κ1) is 13.4. The van der Waals surface area contributed by atoms with E-state index in [9.17, 15) is 0 Å². The minimum Gasteiger partial charge on any atom is -0.0533 e. The molecule has 0 amide bonds. The minimum atomic E-state index is 1.12. The van der Waals surface area contributed by atoms with Crippen LogP contribution in [0, 0.1) is 11.8 Å². The Kier molecular flexibility index (Phi) is 6.45. The third-order valence-electron chi connectivity index (χ3n) is 5.17. The zero-order valence-corrected chi connectivity index (χ0v) is 11.8. The molecule has 0 aromatic carbocycles. The molecule has 2 aliphatic carbocycles. The molecule has 0 bridgehead atoms. The molecule has 0 aromatic rings. The molecule has 0 N–H and O–H groups in total. The van der Waals surface area contributed by atoms with Crippen LogP contribution in [0.25, 0.3) is 0 Å². The Labute approximate surface area is 109 Å². The summed E-state index contributed by atoms with van der Waals surface area (Å²) in [5.41, 5.74) is 0. The normalized spacial score (nSPS) is 22.6. The summed E-state index contributed by atoms with van der Waals surface area (Å²) in [5, 5.41) is 0. The van der Waals surface area contributed by atoms with E-state index in [0.29, 0.717) is 0 Å². The van der Waals surface area contributed by atoms with Gasteiger partial charge in [-0.2, -0.15) is 0 Å². The minimum absolute atomic E-state index is 1.12. The summed E-state index contributed by atoms with van der Waals surface area (Å²) in [7, 11) is 0. The first-order chi connectivity index (χ1) is 8.45. The standard InChI is InChI=1S/C17H32/c1(2-4-10-16-12-6-7-13-16)3-5-11-17-14-8-9-15-17/h16-17H,1-15H2. The smallest absolute Gasteiger partial charge is 0.0414 e. The van der Waals surface area contributed by atoms with Crippen LogP contribution in [-0.4, -0.2) is 0 Å². The van der Waals surface area contributed by atoms with Gasteiger partial charge in [-0.25, -0.2) is 0 Å². The Bertz CT molecular complexity index is 152. The average molecular weight is 236 g/mol. The van der Waals surface area contributed by atoms with Crippen molar-refractivity contribution >= 4 is 0 Å². The van der Waals surface area contributed by atoms with E-state index in [-0.39, 0.29) is 0 Å². The molecule has 2 saturated carbocycles. The summed E-state index contributed by atoms with van der Waals surface area (Å²) in [6.45, 7) is 0. The lowest BCUT2D eigenvalue weighted by Gasteiger charge is -2.09. The van der Waals surface area contributed by atoms with Crippen LogP contribution in [0.2, 0.25) is 0 Å². The summed E-state index contributed by atoms with van der Waals surface area (Å²) in [6.07, 6.45) is 22.9. The summed E-state index contributed by atoms with van der Waals surface area (Å²) in [6, 6.07) is 0. The first-order valence-electron chi connectivity index (χ1n) is 8.45. The Hall–Kier alpha value is 0. The summed E-state index contributed by atoms with van der Waals surface area (Å²) in [4.78, 5) is 0. The van der Waals surface area contributed by atoms with Crippen molar-refractivity contribution in [3.63, 3.8) is 0 Å². The molecule has 0 heteroatoms. The number of unbranched alkanes of at least 4 members (excludes halogenated alkanes) is 4. The molecular formula is C17H32. The quantitative estimate of drug-likeness (QED) is 0.447. The van der Waals surface area contributed by atoms with Crippen LogP contribution in [0.1, 0.15) is 96.3 Å². The van der Waals surface area contributed by atoms with E-state index in [2.05, 4.69) is 0 Å². The highest BCUT2D eigenvalue weighted by Crippen LogP contribution is 2.30. The molecule has 2 aliphatic rings. The van der Waals surface area contributed by atoms with E-state index in [1.54, 1.807) is 38.5 Å². The van der Waals surface area contributed by atoms with E-state index in [0.717, 1.165) is 11.8 Å². The van der Waals surface area contributed by atoms with Crippen LogP contribution < -0.4 is 0 Å². The highest BCUT2D eigenvalue weighted by Gasteiger charge is 2.15. The lowest BCUT2D eigenvalue weighted by Crippen LogP contribution is -1.94. The molecule has 17 heavy (non-hydrogen) atoms. The van der Waals surface area contributed by atoms with Crippen molar-refractivity contribution in [2.75, 3.05) is 0 Å². The maximum absolute atomic E-state index is 1.54.